The summed E-state index contributed by atoms with van der Waals surface area (Å²) in [6, 6.07) is 9.45. The Morgan fingerprint density at radius 3 is 2.96 bits per heavy atom. The number of carbonyl (C=O) groups excluding carboxylic acids is 2. The Hall–Kier alpha value is -2.51. The molecule has 0 bridgehead atoms. The summed E-state index contributed by atoms with van der Waals surface area (Å²) in [5.41, 5.74) is 5.78. The normalized spacial score (nSPS) is 20.6. The minimum atomic E-state index is -0.904. The maximum atomic E-state index is 12.9. The van der Waals surface area contributed by atoms with E-state index >= 15 is 0 Å². The van der Waals surface area contributed by atoms with Crippen molar-refractivity contribution >= 4 is 22.7 Å². The molecule has 1 atom stereocenters. The predicted octanol–water partition coefficient (Wildman–Crippen LogP) is 0.968. The van der Waals surface area contributed by atoms with Crippen LogP contribution >= 0.6 is 0 Å². The van der Waals surface area contributed by atoms with Crippen molar-refractivity contribution in [3.05, 3.63) is 42.1 Å². The van der Waals surface area contributed by atoms with Gasteiger partial charge in [-0.15, -0.1) is 0 Å². The molecule has 3 rings (SSSR count). The summed E-state index contributed by atoms with van der Waals surface area (Å²) in [7, 11) is 1.53. The first-order valence-electron chi connectivity index (χ1n) is 8.08. The number of para-hydroxylation sites is 1. The molecule has 0 saturated carbocycles. The molecule has 2 N–H and O–H groups in total. The highest BCUT2D eigenvalue weighted by molar-refractivity contribution is 5.97. The lowest BCUT2D eigenvalue weighted by molar-refractivity contribution is -0.148. The number of benzene rings is 1. The highest BCUT2D eigenvalue weighted by atomic mass is 16.5. The van der Waals surface area contributed by atoms with Gasteiger partial charge in [-0.2, -0.15) is 0 Å². The number of ether oxygens (including phenoxy) is 2. The number of pyridine rings is 1. The zero-order valence-corrected chi connectivity index (χ0v) is 14.1. The van der Waals surface area contributed by atoms with Crippen LogP contribution in [0.4, 0.5) is 0 Å². The fourth-order valence-electron chi connectivity index (χ4n) is 3.21. The Kier molecular flexibility index (Phi) is 4.96. The smallest absolute Gasteiger partial charge is 0.255 e. The molecule has 2 amide bonds. The van der Waals surface area contributed by atoms with Crippen molar-refractivity contribution in [1.82, 2.24) is 9.88 Å². The number of nitrogens with zero attached hydrogens (tertiary/aromatic N) is 2. The van der Waals surface area contributed by atoms with Gasteiger partial charge in [0.1, 0.15) is 5.60 Å². The van der Waals surface area contributed by atoms with E-state index in [4.69, 9.17) is 15.2 Å². The predicted molar refractivity (Wildman–Crippen MR) is 92.0 cm³/mol. The van der Waals surface area contributed by atoms with Crippen molar-refractivity contribution < 1.29 is 19.1 Å². The molecule has 1 aromatic carbocycles. The highest BCUT2D eigenvalue weighted by Crippen LogP contribution is 2.24. The number of amides is 2. The topological polar surface area (TPSA) is 94.8 Å². The Morgan fingerprint density at radius 1 is 1.40 bits per heavy atom. The number of morpholine rings is 1. The molecule has 2 aromatic rings. The molecule has 1 aliphatic heterocycles. The van der Waals surface area contributed by atoms with Gasteiger partial charge in [0.15, 0.2) is 0 Å². The number of carbonyl (C=O) groups is 2. The molecule has 1 aromatic heterocycles. The van der Waals surface area contributed by atoms with E-state index in [0.717, 1.165) is 10.9 Å². The molecular weight excluding hydrogens is 322 g/mol. The first-order chi connectivity index (χ1) is 12.0. The fourth-order valence-corrected chi connectivity index (χ4v) is 3.21. The van der Waals surface area contributed by atoms with Crippen LogP contribution in [0.15, 0.2) is 36.5 Å². The molecule has 7 nitrogen and oxygen atoms in total. The summed E-state index contributed by atoms with van der Waals surface area (Å²) in [5, 5.41) is 0.905. The Bertz CT molecular complexity index is 791. The van der Waals surface area contributed by atoms with Crippen molar-refractivity contribution in [2.24, 2.45) is 5.73 Å². The summed E-state index contributed by atoms with van der Waals surface area (Å²) < 4.78 is 11.0. The third-order valence-corrected chi connectivity index (χ3v) is 4.28. The maximum absolute atomic E-state index is 12.9. The van der Waals surface area contributed by atoms with Crippen LogP contribution in [-0.4, -0.2) is 60.7 Å². The fraction of sp³-hybridized carbons (Fsp3) is 0.389. The molecule has 2 heterocycles. The van der Waals surface area contributed by atoms with Gasteiger partial charge < -0.3 is 20.1 Å². The lowest BCUT2D eigenvalue weighted by Crippen LogP contribution is -2.57. The van der Waals surface area contributed by atoms with E-state index in [-0.39, 0.29) is 25.5 Å². The lowest BCUT2D eigenvalue weighted by atomic mass is 9.97. The molecular formula is C18H21N3O4. The number of hydrogen-bond donors (Lipinski definition) is 1. The minimum absolute atomic E-state index is 0.000586. The molecule has 0 aliphatic carbocycles. The monoisotopic (exact) mass is 343 g/mol. The van der Waals surface area contributed by atoms with E-state index in [1.54, 1.807) is 11.1 Å². The van der Waals surface area contributed by atoms with Gasteiger partial charge in [-0.1, -0.05) is 18.2 Å². The summed E-state index contributed by atoms with van der Waals surface area (Å²) in [6.45, 7) is 1.20. The zero-order chi connectivity index (χ0) is 17.9. The number of primary amides is 1. The molecule has 1 fully saturated rings. The highest BCUT2D eigenvalue weighted by Gasteiger charge is 2.40. The molecule has 0 spiro atoms. The third kappa shape index (κ3) is 3.78. The van der Waals surface area contributed by atoms with Crippen molar-refractivity contribution in [1.29, 1.82) is 0 Å². The SMILES string of the molecule is COCC1(CC(N)=O)CN(C(=O)c2cnc3ccccc3c2)CCO1. The van der Waals surface area contributed by atoms with Crippen molar-refractivity contribution in [3.63, 3.8) is 0 Å². The second kappa shape index (κ2) is 7.16. The molecule has 0 radical (unpaired) electrons. The number of fused-ring (bicyclic) bond motifs is 1. The van der Waals surface area contributed by atoms with Gasteiger partial charge in [0, 0.05) is 25.2 Å². The average Bonchev–Trinajstić information content (AvgIpc) is 2.60. The Labute approximate surface area is 145 Å². The van der Waals surface area contributed by atoms with E-state index in [1.165, 1.54) is 7.11 Å². The Morgan fingerprint density at radius 2 is 2.20 bits per heavy atom. The van der Waals surface area contributed by atoms with Crippen molar-refractivity contribution in [2.75, 3.05) is 33.4 Å². The summed E-state index contributed by atoms with van der Waals surface area (Å²) in [5.74, 6) is -0.634. The van der Waals surface area contributed by atoms with Gasteiger partial charge in [0.05, 0.1) is 37.3 Å². The van der Waals surface area contributed by atoms with Crippen LogP contribution < -0.4 is 5.73 Å². The molecule has 1 saturated heterocycles. The van der Waals surface area contributed by atoms with Gasteiger partial charge in [-0.05, 0) is 12.1 Å². The molecule has 1 aliphatic rings. The minimum Gasteiger partial charge on any atom is -0.382 e. The third-order valence-electron chi connectivity index (χ3n) is 4.28. The van der Waals surface area contributed by atoms with Gasteiger partial charge >= 0.3 is 0 Å². The number of aromatic nitrogens is 1. The number of nitrogens with two attached hydrogens (primary N) is 1. The first kappa shape index (κ1) is 17.3. The van der Waals surface area contributed by atoms with Crippen LogP contribution in [-0.2, 0) is 14.3 Å². The van der Waals surface area contributed by atoms with Crippen LogP contribution in [0.25, 0.3) is 10.9 Å². The number of hydrogen-bond acceptors (Lipinski definition) is 5. The molecule has 1 unspecified atom stereocenters. The summed E-state index contributed by atoms with van der Waals surface area (Å²) in [4.78, 5) is 30.3. The van der Waals surface area contributed by atoms with Crippen LogP contribution in [0.2, 0.25) is 0 Å². The summed E-state index contributed by atoms with van der Waals surface area (Å²) in [6.07, 6.45) is 1.58. The van der Waals surface area contributed by atoms with Crippen molar-refractivity contribution in [3.8, 4) is 0 Å². The zero-order valence-electron chi connectivity index (χ0n) is 14.1. The average molecular weight is 343 g/mol. The second-order valence-corrected chi connectivity index (χ2v) is 6.25. The molecule has 132 valence electrons. The van der Waals surface area contributed by atoms with Crippen molar-refractivity contribution in [2.45, 2.75) is 12.0 Å². The summed E-state index contributed by atoms with van der Waals surface area (Å²) >= 11 is 0. The lowest BCUT2D eigenvalue weighted by Gasteiger charge is -2.41. The van der Waals surface area contributed by atoms with Crippen LogP contribution in [0.5, 0.6) is 0 Å². The van der Waals surface area contributed by atoms with Crippen LogP contribution in [0, 0.1) is 0 Å². The number of rotatable bonds is 5. The van der Waals surface area contributed by atoms with Crippen LogP contribution in [0.3, 0.4) is 0 Å². The van der Waals surface area contributed by atoms with Gasteiger partial charge in [-0.25, -0.2) is 0 Å². The van der Waals surface area contributed by atoms with E-state index in [2.05, 4.69) is 4.98 Å². The molecule has 7 heteroatoms. The van der Waals surface area contributed by atoms with Gasteiger partial charge in [-0.3, -0.25) is 14.6 Å². The van der Waals surface area contributed by atoms with E-state index < -0.39 is 11.5 Å². The first-order valence-corrected chi connectivity index (χ1v) is 8.08. The standard InChI is InChI=1S/C18H21N3O4/c1-24-12-18(9-16(19)22)11-21(6-7-25-18)17(23)14-8-13-4-2-3-5-15(13)20-10-14/h2-5,8,10H,6-7,9,11-12H2,1H3,(H2,19,22). The number of methoxy groups -OCH3 is 1. The van der Waals surface area contributed by atoms with Crippen LogP contribution in [0.1, 0.15) is 16.8 Å². The largest absolute Gasteiger partial charge is 0.382 e. The van der Waals surface area contributed by atoms with E-state index in [1.807, 2.05) is 30.3 Å². The maximum Gasteiger partial charge on any atom is 0.255 e. The van der Waals surface area contributed by atoms with Gasteiger partial charge in [0.2, 0.25) is 5.91 Å². The second-order valence-electron chi connectivity index (χ2n) is 6.25. The molecule has 25 heavy (non-hydrogen) atoms. The van der Waals surface area contributed by atoms with E-state index in [9.17, 15) is 9.59 Å². The van der Waals surface area contributed by atoms with Gasteiger partial charge in [0.25, 0.3) is 5.91 Å². The quantitative estimate of drug-likeness (QED) is 0.873. The Balaban J connectivity index is 1.83. The van der Waals surface area contributed by atoms with E-state index in [0.29, 0.717) is 18.7 Å².